The van der Waals surface area contributed by atoms with E-state index in [0.29, 0.717) is 4.47 Å². The van der Waals surface area contributed by atoms with Crippen LogP contribution in [0.4, 0.5) is 24.5 Å². The molecular formula is C13H8BrF3N2S. The third-order valence-electron chi connectivity index (χ3n) is 2.55. The highest BCUT2D eigenvalue weighted by molar-refractivity contribution is 9.10. The van der Waals surface area contributed by atoms with E-state index in [1.807, 2.05) is 0 Å². The van der Waals surface area contributed by atoms with Gasteiger partial charge in [-0.2, -0.15) is 0 Å². The lowest BCUT2D eigenvalue weighted by atomic mass is 10.1. The van der Waals surface area contributed by atoms with Crippen molar-refractivity contribution in [1.29, 1.82) is 0 Å². The number of nitrogens with two attached hydrogens (primary N) is 1. The summed E-state index contributed by atoms with van der Waals surface area (Å²) in [5, 5.41) is 2.48. The second kappa shape index (κ2) is 5.80. The first kappa shape index (κ1) is 14.8. The van der Waals surface area contributed by atoms with E-state index in [2.05, 4.69) is 33.5 Å². The Hall–Kier alpha value is -1.60. The predicted molar refractivity (Wildman–Crippen MR) is 79.6 cm³/mol. The van der Waals surface area contributed by atoms with E-state index in [0.717, 1.165) is 0 Å². The summed E-state index contributed by atoms with van der Waals surface area (Å²) in [4.78, 5) is -0.247. The molecule has 0 aliphatic heterocycles. The van der Waals surface area contributed by atoms with Crippen LogP contribution in [0.5, 0.6) is 0 Å². The Labute approximate surface area is 126 Å². The molecule has 2 aromatic rings. The summed E-state index contributed by atoms with van der Waals surface area (Å²) in [6, 6.07) is 6.66. The van der Waals surface area contributed by atoms with Gasteiger partial charge in [0.1, 0.15) is 10.8 Å². The second-order valence-corrected chi connectivity index (χ2v) is 5.26. The fourth-order valence-corrected chi connectivity index (χ4v) is 2.06. The number of thiocarbonyl (C=S) groups is 1. The molecule has 0 aromatic heterocycles. The molecule has 0 atom stereocenters. The lowest BCUT2D eigenvalue weighted by Crippen LogP contribution is -2.13. The fraction of sp³-hybridized carbons (Fsp3) is 0. The maximum Gasteiger partial charge on any atom is 0.182 e. The van der Waals surface area contributed by atoms with Crippen LogP contribution in [-0.4, -0.2) is 4.99 Å². The van der Waals surface area contributed by atoms with Gasteiger partial charge >= 0.3 is 0 Å². The molecule has 0 spiro atoms. The van der Waals surface area contributed by atoms with Crippen molar-refractivity contribution >= 4 is 44.5 Å². The quantitative estimate of drug-likeness (QED) is 0.803. The summed E-state index contributed by atoms with van der Waals surface area (Å²) in [6.07, 6.45) is 0. The molecule has 0 fully saturated rings. The van der Waals surface area contributed by atoms with Gasteiger partial charge in [-0.1, -0.05) is 28.1 Å². The maximum absolute atomic E-state index is 13.8. The number of anilines is 2. The fourth-order valence-electron chi connectivity index (χ4n) is 1.57. The van der Waals surface area contributed by atoms with E-state index < -0.39 is 17.5 Å². The summed E-state index contributed by atoms with van der Waals surface area (Å²) in [5.74, 6) is -2.93. The van der Waals surface area contributed by atoms with Crippen LogP contribution in [0, 0.1) is 17.5 Å². The minimum atomic E-state index is -1.17. The Morgan fingerprint density at radius 3 is 2.30 bits per heavy atom. The van der Waals surface area contributed by atoms with Crippen LogP contribution >= 0.6 is 28.1 Å². The standard InChI is InChI=1S/C13H8BrF3N2S/c14-6-1-3-9(8(15)5-6)19-10-4-2-7(13(18)20)11(16)12(10)17/h1-5,19H,(H2,18,20). The molecule has 2 rings (SSSR count). The van der Waals surface area contributed by atoms with Crippen LogP contribution in [0.25, 0.3) is 0 Å². The minimum Gasteiger partial charge on any atom is -0.389 e. The van der Waals surface area contributed by atoms with Crippen LogP contribution in [-0.2, 0) is 0 Å². The van der Waals surface area contributed by atoms with Gasteiger partial charge in [0.25, 0.3) is 0 Å². The van der Waals surface area contributed by atoms with Crippen LogP contribution in [0.15, 0.2) is 34.8 Å². The van der Waals surface area contributed by atoms with E-state index in [9.17, 15) is 13.2 Å². The Bertz CT molecular complexity index is 692. The Kier molecular flexibility index (Phi) is 4.29. The molecule has 0 bridgehead atoms. The molecule has 0 amide bonds. The first-order valence-electron chi connectivity index (χ1n) is 5.40. The van der Waals surface area contributed by atoms with Gasteiger partial charge in [-0.25, -0.2) is 13.2 Å². The van der Waals surface area contributed by atoms with Gasteiger partial charge in [0.15, 0.2) is 11.6 Å². The summed E-state index contributed by atoms with van der Waals surface area (Å²) in [5.41, 5.74) is 4.89. The highest BCUT2D eigenvalue weighted by Crippen LogP contribution is 2.27. The van der Waals surface area contributed by atoms with Gasteiger partial charge < -0.3 is 11.1 Å². The van der Waals surface area contributed by atoms with E-state index in [1.54, 1.807) is 6.07 Å². The number of halogens is 4. The largest absolute Gasteiger partial charge is 0.389 e. The van der Waals surface area contributed by atoms with E-state index in [-0.39, 0.29) is 21.9 Å². The van der Waals surface area contributed by atoms with E-state index >= 15 is 0 Å². The summed E-state index contributed by atoms with van der Waals surface area (Å²) in [7, 11) is 0. The van der Waals surface area contributed by atoms with E-state index in [4.69, 9.17) is 5.73 Å². The molecule has 0 radical (unpaired) electrons. The zero-order valence-corrected chi connectivity index (χ0v) is 12.3. The van der Waals surface area contributed by atoms with Crippen molar-refractivity contribution in [3.8, 4) is 0 Å². The van der Waals surface area contributed by atoms with Crippen molar-refractivity contribution in [2.24, 2.45) is 5.73 Å². The smallest absolute Gasteiger partial charge is 0.182 e. The average Bonchev–Trinajstić information content (AvgIpc) is 2.37. The van der Waals surface area contributed by atoms with Crippen LogP contribution < -0.4 is 11.1 Å². The monoisotopic (exact) mass is 360 g/mol. The van der Waals surface area contributed by atoms with Crippen molar-refractivity contribution in [3.63, 3.8) is 0 Å². The normalized spacial score (nSPS) is 10.4. The van der Waals surface area contributed by atoms with Crippen molar-refractivity contribution in [3.05, 3.63) is 57.8 Å². The zero-order chi connectivity index (χ0) is 14.9. The van der Waals surface area contributed by atoms with Crippen LogP contribution in [0.1, 0.15) is 5.56 Å². The van der Waals surface area contributed by atoms with E-state index in [1.165, 1.54) is 24.3 Å². The minimum absolute atomic E-state index is 0.0228. The van der Waals surface area contributed by atoms with Gasteiger partial charge in [0, 0.05) is 10.0 Å². The number of hydrogen-bond acceptors (Lipinski definition) is 2. The van der Waals surface area contributed by atoms with Gasteiger partial charge in [0.2, 0.25) is 0 Å². The predicted octanol–water partition coefficient (Wildman–Crippen LogP) is 4.24. The molecule has 2 nitrogen and oxygen atoms in total. The highest BCUT2D eigenvalue weighted by atomic mass is 79.9. The zero-order valence-electron chi connectivity index (χ0n) is 9.88. The van der Waals surface area contributed by atoms with Crippen molar-refractivity contribution in [2.75, 3.05) is 5.32 Å². The van der Waals surface area contributed by atoms with Crippen molar-refractivity contribution in [2.45, 2.75) is 0 Å². The molecule has 7 heteroatoms. The summed E-state index contributed by atoms with van der Waals surface area (Å²) in [6.45, 7) is 0. The molecule has 2 aromatic carbocycles. The van der Waals surface area contributed by atoms with Crippen molar-refractivity contribution < 1.29 is 13.2 Å². The maximum atomic E-state index is 13.8. The molecule has 0 aliphatic carbocycles. The third-order valence-corrected chi connectivity index (χ3v) is 3.26. The Morgan fingerprint density at radius 2 is 1.70 bits per heavy atom. The summed E-state index contributed by atoms with van der Waals surface area (Å²) >= 11 is 7.71. The molecule has 0 aliphatic rings. The number of hydrogen-bond donors (Lipinski definition) is 2. The highest BCUT2D eigenvalue weighted by Gasteiger charge is 2.16. The molecule has 0 unspecified atom stereocenters. The molecule has 3 N–H and O–H groups in total. The number of rotatable bonds is 3. The molecule has 0 saturated heterocycles. The van der Waals surface area contributed by atoms with Gasteiger partial charge in [-0.3, -0.25) is 0 Å². The first-order chi connectivity index (χ1) is 9.40. The van der Waals surface area contributed by atoms with Crippen LogP contribution in [0.3, 0.4) is 0 Å². The Balaban J connectivity index is 2.39. The summed E-state index contributed by atoms with van der Waals surface area (Å²) < 4.78 is 41.7. The molecule has 0 saturated carbocycles. The average molecular weight is 361 g/mol. The lowest BCUT2D eigenvalue weighted by molar-refractivity contribution is 0.510. The molecule has 0 heterocycles. The third kappa shape index (κ3) is 2.94. The Morgan fingerprint density at radius 1 is 1.05 bits per heavy atom. The lowest BCUT2D eigenvalue weighted by Gasteiger charge is -2.11. The van der Waals surface area contributed by atoms with Gasteiger partial charge in [0.05, 0.1) is 11.4 Å². The molecule has 20 heavy (non-hydrogen) atoms. The SMILES string of the molecule is NC(=S)c1ccc(Nc2ccc(Br)cc2F)c(F)c1F. The number of benzene rings is 2. The van der Waals surface area contributed by atoms with Gasteiger partial charge in [-0.05, 0) is 30.3 Å². The van der Waals surface area contributed by atoms with Crippen LogP contribution in [0.2, 0.25) is 0 Å². The number of nitrogens with one attached hydrogen (secondary N) is 1. The second-order valence-electron chi connectivity index (χ2n) is 3.90. The molecule has 104 valence electrons. The topological polar surface area (TPSA) is 38.0 Å². The van der Waals surface area contributed by atoms with Crippen molar-refractivity contribution in [1.82, 2.24) is 0 Å². The van der Waals surface area contributed by atoms with Gasteiger partial charge in [-0.15, -0.1) is 0 Å². The first-order valence-corrected chi connectivity index (χ1v) is 6.60. The molecular weight excluding hydrogens is 353 g/mol.